The van der Waals surface area contributed by atoms with Gasteiger partial charge in [0.1, 0.15) is 0 Å². The van der Waals surface area contributed by atoms with Crippen molar-refractivity contribution in [1.29, 1.82) is 0 Å². The molecule has 0 atom stereocenters. The molecule has 1 heterocycles. The molecule has 1 aliphatic rings. The van der Waals surface area contributed by atoms with E-state index in [1.54, 1.807) is 4.90 Å². The lowest BCUT2D eigenvalue weighted by Crippen LogP contribution is -2.49. The maximum Gasteiger partial charge on any atom is 0.416 e. The molecule has 1 aliphatic heterocycles. The van der Waals surface area contributed by atoms with E-state index in [4.69, 9.17) is 0 Å². The first-order valence-corrected chi connectivity index (χ1v) is 13.8. The molecule has 0 aromatic heterocycles. The van der Waals surface area contributed by atoms with Gasteiger partial charge in [-0.3, -0.25) is 4.90 Å². The summed E-state index contributed by atoms with van der Waals surface area (Å²) in [4.78, 5) is 29.8. The third-order valence-corrected chi connectivity index (χ3v) is 7.35. The minimum absolute atomic E-state index is 0.0196. The van der Waals surface area contributed by atoms with Crippen LogP contribution in [0.2, 0.25) is 0 Å². The standard InChI is InChI=1S/C32H35F3N4O3/c1-24(22-37-18-20-38(21-19-37)31(41)42)23-39(30(40)36-28-14-12-27(13-15-28)32(33,34)35)17-16-29(25-8-4-2-5-9-25)26-10-6-3-7-11-26/h2-15,29H,1,16-23H2,(H,36,40)(H,41,42). The average molecular weight is 581 g/mol. The molecular weight excluding hydrogens is 545 g/mol. The number of rotatable bonds is 10. The summed E-state index contributed by atoms with van der Waals surface area (Å²) in [6.07, 6.45) is -4.79. The smallest absolute Gasteiger partial charge is 0.416 e. The Morgan fingerprint density at radius 2 is 1.43 bits per heavy atom. The number of carboxylic acid groups (broad SMARTS) is 1. The summed E-state index contributed by atoms with van der Waals surface area (Å²) in [5.74, 6) is 0.0196. The fraction of sp³-hybridized carbons (Fsp3) is 0.312. The number of alkyl halides is 3. The quantitative estimate of drug-likeness (QED) is 0.265. The summed E-state index contributed by atoms with van der Waals surface area (Å²) in [6.45, 7) is 7.22. The van der Waals surface area contributed by atoms with Crippen molar-refractivity contribution < 1.29 is 27.9 Å². The van der Waals surface area contributed by atoms with E-state index >= 15 is 0 Å². The van der Waals surface area contributed by atoms with Crippen LogP contribution in [0.4, 0.5) is 28.4 Å². The van der Waals surface area contributed by atoms with E-state index in [0.717, 1.165) is 28.8 Å². The second kappa shape index (κ2) is 14.0. The molecule has 0 saturated carbocycles. The topological polar surface area (TPSA) is 76.1 Å². The molecule has 0 spiro atoms. The minimum atomic E-state index is -4.47. The zero-order valence-corrected chi connectivity index (χ0v) is 23.3. The summed E-state index contributed by atoms with van der Waals surface area (Å²) >= 11 is 0. The van der Waals surface area contributed by atoms with E-state index < -0.39 is 23.9 Å². The maximum atomic E-state index is 13.5. The van der Waals surface area contributed by atoms with Gasteiger partial charge in [-0.2, -0.15) is 13.2 Å². The van der Waals surface area contributed by atoms with Gasteiger partial charge in [-0.25, -0.2) is 9.59 Å². The number of hydrogen-bond donors (Lipinski definition) is 2. The molecule has 10 heteroatoms. The third kappa shape index (κ3) is 8.59. The summed E-state index contributed by atoms with van der Waals surface area (Å²) in [5, 5.41) is 12.0. The molecule has 1 fully saturated rings. The maximum absolute atomic E-state index is 13.5. The first-order chi connectivity index (χ1) is 20.1. The van der Waals surface area contributed by atoms with E-state index in [-0.39, 0.29) is 18.2 Å². The first-order valence-electron chi connectivity index (χ1n) is 13.8. The van der Waals surface area contributed by atoms with Gasteiger partial charge >= 0.3 is 18.3 Å². The van der Waals surface area contributed by atoms with Crippen LogP contribution in [0.25, 0.3) is 0 Å². The monoisotopic (exact) mass is 580 g/mol. The number of halogens is 3. The zero-order valence-electron chi connectivity index (χ0n) is 23.3. The Balaban J connectivity index is 1.48. The Morgan fingerprint density at radius 1 is 0.881 bits per heavy atom. The van der Waals surface area contributed by atoms with Crippen LogP contribution in [0.5, 0.6) is 0 Å². The predicted octanol–water partition coefficient (Wildman–Crippen LogP) is 6.61. The van der Waals surface area contributed by atoms with Crippen molar-refractivity contribution in [1.82, 2.24) is 14.7 Å². The van der Waals surface area contributed by atoms with Gasteiger partial charge in [-0.05, 0) is 47.4 Å². The number of piperazine rings is 1. The van der Waals surface area contributed by atoms with Crippen molar-refractivity contribution in [2.75, 3.05) is 51.1 Å². The molecule has 222 valence electrons. The third-order valence-electron chi connectivity index (χ3n) is 7.35. The van der Waals surface area contributed by atoms with Crippen molar-refractivity contribution in [3.05, 3.63) is 114 Å². The molecule has 1 saturated heterocycles. The van der Waals surface area contributed by atoms with E-state index in [9.17, 15) is 27.9 Å². The fourth-order valence-corrected chi connectivity index (χ4v) is 5.11. The summed E-state index contributed by atoms with van der Waals surface area (Å²) in [6, 6.07) is 24.0. The highest BCUT2D eigenvalue weighted by atomic mass is 19.4. The van der Waals surface area contributed by atoms with Crippen molar-refractivity contribution in [3.8, 4) is 0 Å². The Kier molecular flexibility index (Phi) is 10.2. The number of nitrogens with one attached hydrogen (secondary N) is 1. The van der Waals surface area contributed by atoms with E-state index in [1.165, 1.54) is 17.0 Å². The molecule has 4 rings (SSSR count). The lowest BCUT2D eigenvalue weighted by atomic mass is 9.88. The Hall–Kier alpha value is -4.31. The molecule has 0 bridgehead atoms. The van der Waals surface area contributed by atoms with Crippen molar-refractivity contribution in [2.45, 2.75) is 18.5 Å². The molecule has 7 nitrogen and oxygen atoms in total. The van der Waals surface area contributed by atoms with Crippen molar-refractivity contribution >= 4 is 17.8 Å². The van der Waals surface area contributed by atoms with Gasteiger partial charge in [0.25, 0.3) is 0 Å². The average Bonchev–Trinajstić information content (AvgIpc) is 2.98. The number of nitrogens with zero attached hydrogens (tertiary/aromatic N) is 3. The number of urea groups is 1. The van der Waals surface area contributed by atoms with Crippen LogP contribution in [0.3, 0.4) is 0 Å². The lowest BCUT2D eigenvalue weighted by molar-refractivity contribution is -0.137. The fourth-order valence-electron chi connectivity index (χ4n) is 5.11. The molecular formula is C32H35F3N4O3. The number of benzene rings is 3. The number of amides is 3. The lowest BCUT2D eigenvalue weighted by Gasteiger charge is -2.34. The van der Waals surface area contributed by atoms with Gasteiger partial charge in [0, 0.05) is 57.4 Å². The highest BCUT2D eigenvalue weighted by Gasteiger charge is 2.30. The highest BCUT2D eigenvalue weighted by molar-refractivity contribution is 5.89. The molecule has 0 unspecified atom stereocenters. The van der Waals surface area contributed by atoms with Crippen LogP contribution < -0.4 is 5.32 Å². The van der Waals surface area contributed by atoms with Crippen LogP contribution in [-0.2, 0) is 6.18 Å². The number of anilines is 1. The highest BCUT2D eigenvalue weighted by Crippen LogP contribution is 2.30. The van der Waals surface area contributed by atoms with Crippen LogP contribution in [0, 0.1) is 0 Å². The number of carbonyl (C=O) groups excluding carboxylic acids is 1. The number of hydrogen-bond acceptors (Lipinski definition) is 3. The molecule has 2 N–H and O–H groups in total. The van der Waals surface area contributed by atoms with E-state index in [2.05, 4.69) is 41.1 Å². The summed E-state index contributed by atoms with van der Waals surface area (Å²) in [7, 11) is 0. The second-order valence-electron chi connectivity index (χ2n) is 10.4. The largest absolute Gasteiger partial charge is 0.465 e. The van der Waals surface area contributed by atoms with Gasteiger partial charge in [0.05, 0.1) is 5.56 Å². The van der Waals surface area contributed by atoms with Gasteiger partial charge in [-0.15, -0.1) is 0 Å². The van der Waals surface area contributed by atoms with Gasteiger partial charge < -0.3 is 20.2 Å². The van der Waals surface area contributed by atoms with E-state index in [1.807, 2.05) is 36.4 Å². The van der Waals surface area contributed by atoms with Crippen LogP contribution >= 0.6 is 0 Å². The van der Waals surface area contributed by atoms with Gasteiger partial charge in [-0.1, -0.05) is 67.2 Å². The molecule has 42 heavy (non-hydrogen) atoms. The van der Waals surface area contributed by atoms with Crippen molar-refractivity contribution in [3.63, 3.8) is 0 Å². The van der Waals surface area contributed by atoms with Crippen molar-refractivity contribution in [2.24, 2.45) is 0 Å². The zero-order chi connectivity index (χ0) is 30.1. The van der Waals surface area contributed by atoms with Gasteiger partial charge in [0.15, 0.2) is 0 Å². The predicted molar refractivity (Wildman–Crippen MR) is 157 cm³/mol. The van der Waals surface area contributed by atoms with Crippen LogP contribution in [0.1, 0.15) is 29.0 Å². The molecule has 3 aromatic rings. The molecule has 0 aliphatic carbocycles. The Bertz CT molecular complexity index is 1290. The van der Waals surface area contributed by atoms with Crippen LogP contribution in [-0.4, -0.2) is 77.7 Å². The first kappa shape index (κ1) is 30.6. The second-order valence-corrected chi connectivity index (χ2v) is 10.4. The van der Waals surface area contributed by atoms with Gasteiger partial charge in [0.2, 0.25) is 0 Å². The molecule has 3 aromatic carbocycles. The van der Waals surface area contributed by atoms with Crippen LogP contribution in [0.15, 0.2) is 97.1 Å². The summed E-state index contributed by atoms with van der Waals surface area (Å²) in [5.41, 5.74) is 2.47. The normalized spacial score (nSPS) is 14.0. The molecule has 3 amide bonds. The Labute approximate surface area is 243 Å². The molecule has 0 radical (unpaired) electrons. The number of carbonyl (C=O) groups is 2. The Morgan fingerprint density at radius 3 is 1.93 bits per heavy atom. The minimum Gasteiger partial charge on any atom is -0.465 e. The SMILES string of the molecule is C=C(CN1CCN(C(=O)O)CC1)CN(CCC(c1ccccc1)c1ccccc1)C(=O)Nc1ccc(C(F)(F)F)cc1. The van der Waals surface area contributed by atoms with E-state index in [0.29, 0.717) is 45.7 Å². The summed E-state index contributed by atoms with van der Waals surface area (Å²) < 4.78 is 39.1.